The molecule has 8 atom stereocenters. The lowest BCUT2D eigenvalue weighted by Gasteiger charge is -2.64. The van der Waals surface area contributed by atoms with Crippen LogP contribution in [0, 0.1) is 28.6 Å². The van der Waals surface area contributed by atoms with Crippen molar-refractivity contribution in [2.45, 2.75) is 108 Å². The minimum atomic E-state index is -1.68. The van der Waals surface area contributed by atoms with Crippen molar-refractivity contribution in [3.63, 3.8) is 0 Å². The summed E-state index contributed by atoms with van der Waals surface area (Å²) in [5, 5.41) is 20.3. The minimum absolute atomic E-state index is 0.0207. The molecule has 4 aliphatic carbocycles. The number of rotatable bonds is 30. The number of aliphatic hydroxyl groups is 1. The number of hydrogen-bond donors (Lipinski definition) is 4. The first kappa shape index (κ1) is 59.1. The summed E-state index contributed by atoms with van der Waals surface area (Å²) < 4.78 is 33.2. The highest BCUT2D eigenvalue weighted by Gasteiger charge is 2.76. The third-order valence-corrected chi connectivity index (χ3v) is 18.8. The second kappa shape index (κ2) is 26.6. The number of ether oxygens (including phenoxy) is 6. The number of esters is 1. The quantitative estimate of drug-likeness (QED) is 0.0261. The van der Waals surface area contributed by atoms with Crippen molar-refractivity contribution in [1.29, 1.82) is 0 Å². The number of nitrogens with zero attached hydrogens (tertiary/aromatic N) is 1. The third kappa shape index (κ3) is 14.1. The van der Waals surface area contributed by atoms with Crippen molar-refractivity contribution in [2.24, 2.45) is 28.6 Å². The van der Waals surface area contributed by atoms with Crippen LogP contribution in [-0.4, -0.2) is 170 Å². The van der Waals surface area contributed by atoms with E-state index in [4.69, 9.17) is 40.0 Å². The highest BCUT2D eigenvalue weighted by Crippen LogP contribution is 2.72. The molecule has 1 unspecified atom stereocenters. The van der Waals surface area contributed by atoms with Crippen molar-refractivity contribution < 1.29 is 71.9 Å². The Morgan fingerprint density at radius 1 is 0.847 bits per heavy atom. The number of ketones is 2. The molecule has 0 bridgehead atoms. The predicted octanol–water partition coefficient (Wildman–Crippen LogP) is 4.02. The van der Waals surface area contributed by atoms with Crippen LogP contribution < -0.4 is 16.0 Å². The first-order valence-electron chi connectivity index (χ1n) is 24.8. The van der Waals surface area contributed by atoms with Gasteiger partial charge in [0.2, 0.25) is 17.6 Å². The predicted molar refractivity (Wildman–Crippen MR) is 270 cm³/mol. The molecule has 0 aromatic heterocycles. The first-order chi connectivity index (χ1) is 34.1. The Balaban J connectivity index is 0.896. The van der Waals surface area contributed by atoms with E-state index in [0.717, 1.165) is 10.5 Å². The fourth-order valence-corrected chi connectivity index (χ4v) is 13.8. The standard InChI is InChI=1S/C50H73ClN4O15S2/c1-7-44(63)70-50(33(2)28-37-36-9-8-34-29-35(56)12-15-47(34,5)49(36,51)38(57)30-48(37,50)6)39(58)31-69-45(64)53-17-27-71-72-46(3,4)32-54-41(60)14-19-65-21-23-67-25-26-68-24-22-66-20-16-52-40(59)13-18-55-42(61)10-11-43(55)62/h10-12,15,29,33,36-38,57H,7-9,13-14,16-28,30-32H2,1-6H3,(H,52,59)(H,53,64)(H,54,60)/t33-,36-,37?,38-,47-,48-,49-,50-/m0/s1. The Morgan fingerprint density at radius 3 is 2.12 bits per heavy atom. The van der Waals surface area contributed by atoms with E-state index in [2.05, 4.69) is 16.0 Å². The van der Waals surface area contributed by atoms with Crippen LogP contribution >= 0.6 is 33.2 Å². The molecule has 19 nitrogen and oxygen atoms in total. The lowest BCUT2D eigenvalue weighted by atomic mass is 9.45. The van der Waals surface area contributed by atoms with Gasteiger partial charge in [-0.05, 0) is 63.5 Å². The summed E-state index contributed by atoms with van der Waals surface area (Å²) in [6.07, 6.45) is 7.37. The van der Waals surface area contributed by atoms with Crippen LogP contribution in [-0.2, 0) is 62.0 Å². The highest BCUT2D eigenvalue weighted by molar-refractivity contribution is 8.77. The Labute approximate surface area is 435 Å². The molecule has 72 heavy (non-hydrogen) atoms. The van der Waals surface area contributed by atoms with Gasteiger partial charge >= 0.3 is 12.1 Å². The third-order valence-electron chi connectivity index (χ3n) is 14.6. The Bertz CT molecular complexity index is 2070. The molecule has 1 heterocycles. The van der Waals surface area contributed by atoms with Crippen LogP contribution in [0.25, 0.3) is 0 Å². The number of Topliss-reactive ketones (excluding diaryl/α,β-unsaturated/α-hetero) is 1. The van der Waals surface area contributed by atoms with Gasteiger partial charge in [-0.2, -0.15) is 0 Å². The molecule has 402 valence electrons. The van der Waals surface area contributed by atoms with E-state index >= 15 is 0 Å². The summed E-state index contributed by atoms with van der Waals surface area (Å²) in [5.41, 5.74) is -2.62. The molecule has 5 aliphatic rings. The fraction of sp³-hybridized carbons (Fsp3) is 0.720. The van der Waals surface area contributed by atoms with E-state index < -0.39 is 69.6 Å². The SMILES string of the molecule is CCC(=O)O[C@]1(C(=O)COC(=O)NCCSSC(C)(C)CNC(=O)CCOCCOCCOCCOCCNC(=O)CCN2C(=O)C=CC2=O)[C@@H](C)CC2[C@@H]3CCC4=CC(=O)C=C[C@]4(C)[C@@]3(Cl)[C@@H](O)C[C@@]21C. The molecule has 0 spiro atoms. The number of carbonyl (C=O) groups excluding carboxylic acids is 8. The van der Waals surface area contributed by atoms with E-state index in [0.29, 0.717) is 77.7 Å². The number of aliphatic hydroxyl groups excluding tert-OH is 1. The summed E-state index contributed by atoms with van der Waals surface area (Å²) in [5.74, 6) is -2.95. The lowest BCUT2D eigenvalue weighted by Crippen LogP contribution is -2.69. The Kier molecular flexibility index (Phi) is 21.8. The van der Waals surface area contributed by atoms with Gasteiger partial charge in [0.25, 0.3) is 11.8 Å². The molecule has 0 radical (unpaired) electrons. The van der Waals surface area contributed by atoms with Gasteiger partial charge in [0.05, 0.1) is 63.8 Å². The number of allylic oxidation sites excluding steroid dienone is 4. The van der Waals surface area contributed by atoms with Crippen molar-refractivity contribution >= 4 is 80.4 Å². The zero-order valence-electron chi connectivity index (χ0n) is 42.3. The van der Waals surface area contributed by atoms with Crippen molar-refractivity contribution in [3.8, 4) is 0 Å². The van der Waals surface area contributed by atoms with Gasteiger partial charge in [-0.1, -0.05) is 60.9 Å². The summed E-state index contributed by atoms with van der Waals surface area (Å²) in [6.45, 7) is 14.3. The van der Waals surface area contributed by atoms with Crippen LogP contribution in [0.5, 0.6) is 0 Å². The summed E-state index contributed by atoms with van der Waals surface area (Å²) >= 11 is 7.60. The summed E-state index contributed by atoms with van der Waals surface area (Å²) in [4.78, 5) is 100. The molecule has 0 saturated heterocycles. The molecular weight excluding hydrogens is 996 g/mol. The second-order valence-corrected chi connectivity index (χ2v) is 23.5. The molecule has 5 amide bonds. The number of nitrogens with one attached hydrogen (secondary N) is 3. The molecule has 3 saturated carbocycles. The topological polar surface area (TPSA) is 251 Å². The lowest BCUT2D eigenvalue weighted by molar-refractivity contribution is -0.202. The van der Waals surface area contributed by atoms with E-state index in [9.17, 15) is 43.5 Å². The van der Waals surface area contributed by atoms with Crippen LogP contribution in [0.15, 0.2) is 36.0 Å². The summed E-state index contributed by atoms with van der Waals surface area (Å²) in [6, 6.07) is 0. The number of carbonyl (C=O) groups is 8. The monoisotopic (exact) mass is 1070 g/mol. The maximum Gasteiger partial charge on any atom is 0.407 e. The van der Waals surface area contributed by atoms with Gasteiger partial charge in [-0.15, -0.1) is 11.6 Å². The van der Waals surface area contributed by atoms with Crippen LogP contribution in [0.2, 0.25) is 0 Å². The van der Waals surface area contributed by atoms with Crippen LogP contribution in [0.4, 0.5) is 4.79 Å². The van der Waals surface area contributed by atoms with Gasteiger partial charge in [0, 0.05) is 84.8 Å². The van der Waals surface area contributed by atoms with Gasteiger partial charge in [-0.3, -0.25) is 38.5 Å². The Morgan fingerprint density at radius 2 is 1.47 bits per heavy atom. The zero-order chi connectivity index (χ0) is 52.7. The van der Waals surface area contributed by atoms with Crippen molar-refractivity contribution in [1.82, 2.24) is 20.9 Å². The molecule has 0 aromatic carbocycles. The number of hydrogen-bond acceptors (Lipinski definition) is 17. The van der Waals surface area contributed by atoms with E-state index in [1.54, 1.807) is 23.8 Å². The highest BCUT2D eigenvalue weighted by atomic mass is 35.5. The average molecular weight is 1070 g/mol. The molecule has 3 fully saturated rings. The molecule has 4 N–H and O–H groups in total. The number of fused-ring (bicyclic) bond motifs is 5. The maximum absolute atomic E-state index is 14.5. The number of amides is 5. The number of alkyl halides is 1. The van der Waals surface area contributed by atoms with Crippen molar-refractivity contribution in [2.75, 3.05) is 91.4 Å². The van der Waals surface area contributed by atoms with E-state index in [1.807, 2.05) is 40.7 Å². The smallest absolute Gasteiger partial charge is 0.407 e. The number of alkyl carbamates (subject to hydrolysis) is 1. The average Bonchev–Trinajstić information content (AvgIpc) is 3.77. The summed E-state index contributed by atoms with van der Waals surface area (Å²) in [7, 11) is 3.06. The molecule has 1 aliphatic heterocycles. The normalized spacial score (nSPS) is 28.5. The molecular formula is C50H73ClN4O15S2. The number of imide groups is 1. The van der Waals surface area contributed by atoms with E-state index in [1.165, 1.54) is 29.0 Å². The van der Waals surface area contributed by atoms with Gasteiger partial charge < -0.3 is 49.5 Å². The van der Waals surface area contributed by atoms with Crippen molar-refractivity contribution in [3.05, 3.63) is 36.0 Å². The van der Waals surface area contributed by atoms with Gasteiger partial charge in [0.15, 0.2) is 18.0 Å². The second-order valence-electron chi connectivity index (χ2n) is 19.8. The fourth-order valence-electron chi connectivity index (χ4n) is 10.9. The molecule has 22 heteroatoms. The Hall–Kier alpha value is -3.83. The van der Waals surface area contributed by atoms with Crippen LogP contribution in [0.1, 0.15) is 86.5 Å². The first-order valence-corrected chi connectivity index (χ1v) is 27.5. The maximum atomic E-state index is 14.5. The van der Waals surface area contributed by atoms with Gasteiger partial charge in [0.1, 0.15) is 0 Å². The largest absolute Gasteiger partial charge is 0.450 e. The van der Waals surface area contributed by atoms with Crippen LogP contribution in [0.3, 0.4) is 0 Å². The minimum Gasteiger partial charge on any atom is -0.450 e. The van der Waals surface area contributed by atoms with E-state index in [-0.39, 0.29) is 86.2 Å². The van der Waals surface area contributed by atoms with Gasteiger partial charge in [-0.25, -0.2) is 4.79 Å². The zero-order valence-corrected chi connectivity index (χ0v) is 44.7. The molecule has 0 aromatic rings. The molecule has 5 rings (SSSR count). The number of halogens is 1.